The van der Waals surface area contributed by atoms with Gasteiger partial charge in [0.05, 0.1) is 6.54 Å². The average Bonchev–Trinajstić information content (AvgIpc) is 2.58. The first-order chi connectivity index (χ1) is 11.0. The van der Waals surface area contributed by atoms with Crippen LogP contribution in [-0.4, -0.2) is 55.4 Å². The van der Waals surface area contributed by atoms with Crippen LogP contribution in [0.15, 0.2) is 9.59 Å². The van der Waals surface area contributed by atoms with Crippen molar-refractivity contribution < 1.29 is 0 Å². The Morgan fingerprint density at radius 2 is 1.78 bits per heavy atom. The molecule has 0 fully saturated rings. The van der Waals surface area contributed by atoms with E-state index >= 15 is 0 Å². The molecule has 0 aliphatic heterocycles. The molecule has 23 heavy (non-hydrogen) atoms. The Morgan fingerprint density at radius 1 is 1.09 bits per heavy atom. The summed E-state index contributed by atoms with van der Waals surface area (Å²) in [6, 6.07) is 0. The quantitative estimate of drug-likeness (QED) is 0.643. The number of nitrogens with one attached hydrogen (secondary N) is 1. The molecule has 0 bridgehead atoms. The fourth-order valence-corrected chi connectivity index (χ4v) is 2.34. The van der Waals surface area contributed by atoms with E-state index < -0.39 is 11.2 Å². The largest absolute Gasteiger partial charge is 0.332 e. The third-order valence-electron chi connectivity index (χ3n) is 3.89. The van der Waals surface area contributed by atoms with E-state index in [1.807, 2.05) is 0 Å². The molecule has 0 saturated heterocycles. The molecule has 2 heterocycles. The topological polar surface area (TPSA) is 97.9 Å². The van der Waals surface area contributed by atoms with E-state index in [1.54, 1.807) is 7.05 Å². The molecular weight excluding hydrogens is 298 g/mol. The van der Waals surface area contributed by atoms with Crippen LogP contribution in [0, 0.1) is 0 Å². The van der Waals surface area contributed by atoms with Crippen molar-refractivity contribution in [3.8, 4) is 0 Å². The molecule has 0 aliphatic carbocycles. The predicted molar refractivity (Wildman–Crippen MR) is 87.3 cm³/mol. The summed E-state index contributed by atoms with van der Waals surface area (Å²) in [6.07, 6.45) is 0. The SMILES string of the molecule is CCN(CC)CCNCc1nnc2c(n1)c(=O)n(C)c(=O)n2C. The van der Waals surface area contributed by atoms with Crippen LogP contribution in [0.25, 0.3) is 11.2 Å². The lowest BCUT2D eigenvalue weighted by molar-refractivity contribution is 0.301. The minimum atomic E-state index is -0.456. The number of fused-ring (bicyclic) bond motifs is 1. The maximum absolute atomic E-state index is 12.1. The van der Waals surface area contributed by atoms with Gasteiger partial charge in [-0.1, -0.05) is 13.8 Å². The van der Waals surface area contributed by atoms with Crippen molar-refractivity contribution in [2.75, 3.05) is 26.2 Å². The molecule has 126 valence electrons. The van der Waals surface area contributed by atoms with Crippen LogP contribution in [-0.2, 0) is 20.6 Å². The molecule has 2 rings (SSSR count). The lowest BCUT2D eigenvalue weighted by atomic mass is 10.4. The Bertz CT molecular complexity index is 792. The first kappa shape index (κ1) is 17.2. The average molecular weight is 321 g/mol. The van der Waals surface area contributed by atoms with Crippen LogP contribution in [0.2, 0.25) is 0 Å². The summed E-state index contributed by atoms with van der Waals surface area (Å²) < 4.78 is 2.29. The second-order valence-corrected chi connectivity index (χ2v) is 5.31. The Morgan fingerprint density at radius 3 is 2.43 bits per heavy atom. The molecule has 0 aliphatic rings. The molecule has 0 atom stereocenters. The number of aromatic nitrogens is 5. The highest BCUT2D eigenvalue weighted by Gasteiger charge is 2.12. The molecule has 0 aromatic carbocycles. The summed E-state index contributed by atoms with van der Waals surface area (Å²) in [5.74, 6) is 0.438. The molecule has 0 unspecified atom stereocenters. The fourth-order valence-electron chi connectivity index (χ4n) is 2.34. The predicted octanol–water partition coefficient (Wildman–Crippen LogP) is -1.15. The molecule has 0 radical (unpaired) electrons. The van der Waals surface area contributed by atoms with Gasteiger partial charge in [-0.05, 0) is 13.1 Å². The highest BCUT2D eigenvalue weighted by atomic mass is 16.2. The fraction of sp³-hybridized carbons (Fsp3) is 0.643. The number of likely N-dealkylation sites (N-methyl/N-ethyl adjacent to an activating group) is 1. The van der Waals surface area contributed by atoms with Gasteiger partial charge in [0.2, 0.25) is 0 Å². The normalized spacial score (nSPS) is 11.5. The van der Waals surface area contributed by atoms with Crippen molar-refractivity contribution in [3.63, 3.8) is 0 Å². The standard InChI is InChI=1S/C14H23N7O2/c1-5-21(6-2)8-7-15-9-10-16-11-12(18-17-10)19(3)14(23)20(4)13(11)22/h15H,5-9H2,1-4H3. The molecular formula is C14H23N7O2. The monoisotopic (exact) mass is 321 g/mol. The van der Waals surface area contributed by atoms with E-state index in [0.717, 1.165) is 30.7 Å². The molecule has 2 aromatic heterocycles. The zero-order valence-electron chi connectivity index (χ0n) is 14.0. The van der Waals surface area contributed by atoms with Gasteiger partial charge >= 0.3 is 5.69 Å². The minimum Gasteiger partial charge on any atom is -0.308 e. The highest BCUT2D eigenvalue weighted by Crippen LogP contribution is 1.99. The van der Waals surface area contributed by atoms with Crippen molar-refractivity contribution in [1.82, 2.24) is 34.5 Å². The molecule has 0 spiro atoms. The van der Waals surface area contributed by atoms with Crippen molar-refractivity contribution >= 4 is 11.2 Å². The zero-order chi connectivity index (χ0) is 17.0. The second-order valence-electron chi connectivity index (χ2n) is 5.31. The first-order valence-electron chi connectivity index (χ1n) is 7.72. The van der Waals surface area contributed by atoms with E-state index in [0.29, 0.717) is 12.4 Å². The van der Waals surface area contributed by atoms with Gasteiger partial charge in [-0.2, -0.15) is 0 Å². The lowest BCUT2D eigenvalue weighted by Crippen LogP contribution is -2.38. The Hall–Kier alpha value is -2.13. The van der Waals surface area contributed by atoms with Crippen molar-refractivity contribution in [1.29, 1.82) is 0 Å². The minimum absolute atomic E-state index is 0.158. The lowest BCUT2D eigenvalue weighted by Gasteiger charge is -2.17. The molecule has 9 heteroatoms. The summed E-state index contributed by atoms with van der Waals surface area (Å²) >= 11 is 0. The van der Waals surface area contributed by atoms with Gasteiger partial charge in [0, 0.05) is 27.2 Å². The van der Waals surface area contributed by atoms with Crippen molar-refractivity contribution in [2.24, 2.45) is 14.1 Å². The van der Waals surface area contributed by atoms with Crippen molar-refractivity contribution in [3.05, 3.63) is 26.7 Å². The molecule has 2 aromatic rings. The summed E-state index contributed by atoms with van der Waals surface area (Å²) in [4.78, 5) is 30.5. The van der Waals surface area contributed by atoms with Crippen LogP contribution < -0.4 is 16.6 Å². The molecule has 9 nitrogen and oxygen atoms in total. The van der Waals surface area contributed by atoms with E-state index in [2.05, 4.69) is 39.2 Å². The number of rotatable bonds is 7. The van der Waals surface area contributed by atoms with Gasteiger partial charge in [0.15, 0.2) is 17.0 Å². The van der Waals surface area contributed by atoms with Gasteiger partial charge in [0.1, 0.15) is 0 Å². The number of aryl methyl sites for hydroxylation is 1. The van der Waals surface area contributed by atoms with Gasteiger partial charge < -0.3 is 10.2 Å². The van der Waals surface area contributed by atoms with Gasteiger partial charge in [-0.3, -0.25) is 13.9 Å². The summed E-state index contributed by atoms with van der Waals surface area (Å²) in [5.41, 5.74) is -0.541. The van der Waals surface area contributed by atoms with Crippen LogP contribution in [0.4, 0.5) is 0 Å². The third-order valence-corrected chi connectivity index (χ3v) is 3.89. The van der Waals surface area contributed by atoms with E-state index in [1.165, 1.54) is 11.6 Å². The smallest absolute Gasteiger partial charge is 0.308 e. The number of hydrogen-bond acceptors (Lipinski definition) is 7. The summed E-state index contributed by atoms with van der Waals surface area (Å²) in [6.45, 7) is 8.43. The molecule has 0 saturated carbocycles. The van der Waals surface area contributed by atoms with Gasteiger partial charge in [0.25, 0.3) is 5.56 Å². The third kappa shape index (κ3) is 3.62. The zero-order valence-corrected chi connectivity index (χ0v) is 14.0. The molecule has 0 amide bonds. The van der Waals surface area contributed by atoms with Crippen molar-refractivity contribution in [2.45, 2.75) is 20.4 Å². The van der Waals surface area contributed by atoms with Gasteiger partial charge in [-0.25, -0.2) is 9.78 Å². The van der Waals surface area contributed by atoms with Crippen LogP contribution in [0.1, 0.15) is 19.7 Å². The Kier molecular flexibility index (Phi) is 5.56. The molecule has 1 N–H and O–H groups in total. The van der Waals surface area contributed by atoms with Gasteiger partial charge in [-0.15, -0.1) is 10.2 Å². The summed E-state index contributed by atoms with van der Waals surface area (Å²) in [7, 11) is 2.97. The van der Waals surface area contributed by atoms with Crippen LogP contribution >= 0.6 is 0 Å². The second kappa shape index (κ2) is 7.42. The number of hydrogen-bond donors (Lipinski definition) is 1. The Labute approximate surface area is 134 Å². The Balaban J connectivity index is 2.15. The number of nitrogens with zero attached hydrogens (tertiary/aromatic N) is 6. The highest BCUT2D eigenvalue weighted by molar-refractivity contribution is 5.67. The summed E-state index contributed by atoms with van der Waals surface area (Å²) in [5, 5.41) is 11.2. The van der Waals surface area contributed by atoms with E-state index in [4.69, 9.17) is 0 Å². The van der Waals surface area contributed by atoms with Crippen LogP contribution in [0.3, 0.4) is 0 Å². The first-order valence-corrected chi connectivity index (χ1v) is 7.72. The maximum Gasteiger partial charge on any atom is 0.332 e. The van der Waals surface area contributed by atoms with Crippen LogP contribution in [0.5, 0.6) is 0 Å². The van der Waals surface area contributed by atoms with E-state index in [9.17, 15) is 9.59 Å². The maximum atomic E-state index is 12.1. The van der Waals surface area contributed by atoms with E-state index in [-0.39, 0.29) is 11.2 Å².